The molecule has 10 nitrogen and oxygen atoms in total. The molecule has 0 atom stereocenters. The van der Waals surface area contributed by atoms with Gasteiger partial charge in [-0.3, -0.25) is 24.7 Å². The molecule has 0 unspecified atom stereocenters. The molecule has 0 saturated heterocycles. The van der Waals surface area contributed by atoms with Crippen LogP contribution in [0.5, 0.6) is 0 Å². The molecular formula is C8H11N5O5. The molecule has 0 aliphatic carbocycles. The number of carbonyl (C=O) groups excluding carboxylic acids is 1. The predicted octanol–water partition coefficient (Wildman–Crippen LogP) is -0.765. The monoisotopic (exact) mass is 257 g/mol. The van der Waals surface area contributed by atoms with E-state index >= 15 is 0 Å². The van der Waals surface area contributed by atoms with Gasteiger partial charge in [-0.2, -0.15) is 4.98 Å². The number of H-pyrrole nitrogens is 1. The minimum atomic E-state index is -1.00. The lowest BCUT2D eigenvalue weighted by atomic mass is 10.4. The van der Waals surface area contributed by atoms with Crippen molar-refractivity contribution in [1.29, 1.82) is 0 Å². The summed E-state index contributed by atoms with van der Waals surface area (Å²) in [7, 11) is 0. The molecule has 1 heterocycles. The van der Waals surface area contributed by atoms with Gasteiger partial charge in [0.25, 0.3) is 0 Å². The lowest BCUT2D eigenvalue weighted by molar-refractivity contribution is -0.385. The zero-order valence-electron chi connectivity index (χ0n) is 9.43. The molecule has 0 aliphatic rings. The summed E-state index contributed by atoms with van der Waals surface area (Å²) in [5.41, 5.74) is 3.44. The topological polar surface area (TPSA) is 153 Å². The summed E-state index contributed by atoms with van der Waals surface area (Å²) in [6.45, 7) is 1.43. The molecule has 0 saturated carbocycles. The Morgan fingerprint density at radius 2 is 2.33 bits per heavy atom. The summed E-state index contributed by atoms with van der Waals surface area (Å²) < 4.78 is 4.61. The number of nitrogens with zero attached hydrogens (tertiary/aromatic N) is 2. The van der Waals surface area contributed by atoms with Crippen molar-refractivity contribution in [1.82, 2.24) is 9.97 Å². The Balaban J connectivity index is 2.97. The molecule has 98 valence electrons. The van der Waals surface area contributed by atoms with Crippen LogP contribution in [0, 0.1) is 10.1 Å². The summed E-state index contributed by atoms with van der Waals surface area (Å²) in [4.78, 5) is 37.7. The number of aromatic amines is 1. The number of esters is 1. The van der Waals surface area contributed by atoms with E-state index in [-0.39, 0.29) is 24.9 Å². The Labute approximate surface area is 100 Å². The summed E-state index contributed by atoms with van der Waals surface area (Å²) in [5.74, 6) is -1.31. The molecule has 0 aliphatic heterocycles. The fourth-order valence-electron chi connectivity index (χ4n) is 1.14. The first kappa shape index (κ1) is 13.4. The predicted molar refractivity (Wildman–Crippen MR) is 61.0 cm³/mol. The van der Waals surface area contributed by atoms with Crippen molar-refractivity contribution in [2.24, 2.45) is 0 Å². The van der Waals surface area contributed by atoms with Crippen molar-refractivity contribution in [3.05, 3.63) is 20.5 Å². The number of carbonyl (C=O) groups is 1. The molecule has 0 aromatic carbocycles. The third-order valence-electron chi connectivity index (χ3n) is 1.80. The molecule has 0 spiro atoms. The molecule has 0 amide bonds. The zero-order valence-corrected chi connectivity index (χ0v) is 9.43. The van der Waals surface area contributed by atoms with Gasteiger partial charge >= 0.3 is 17.2 Å². The highest BCUT2D eigenvalue weighted by Crippen LogP contribution is 2.16. The van der Waals surface area contributed by atoms with Crippen LogP contribution >= 0.6 is 0 Å². The lowest BCUT2D eigenvalue weighted by Gasteiger charge is -2.05. The highest BCUT2D eigenvalue weighted by molar-refractivity contribution is 5.75. The van der Waals surface area contributed by atoms with Crippen LogP contribution in [-0.4, -0.2) is 34.0 Å². The average Bonchev–Trinajstić information content (AvgIpc) is 2.25. The van der Waals surface area contributed by atoms with E-state index < -0.39 is 22.1 Å². The molecule has 0 fully saturated rings. The van der Waals surface area contributed by atoms with Gasteiger partial charge in [0.2, 0.25) is 11.8 Å². The highest BCUT2D eigenvalue weighted by atomic mass is 16.6. The maximum absolute atomic E-state index is 11.3. The Morgan fingerprint density at radius 1 is 1.67 bits per heavy atom. The Hall–Kier alpha value is -2.65. The number of anilines is 2. The van der Waals surface area contributed by atoms with Crippen LogP contribution in [0.15, 0.2) is 4.79 Å². The van der Waals surface area contributed by atoms with Crippen LogP contribution < -0.4 is 16.6 Å². The zero-order chi connectivity index (χ0) is 13.7. The largest absolute Gasteiger partial charge is 0.465 e. The smallest absolute Gasteiger partial charge is 0.375 e. The molecule has 4 N–H and O–H groups in total. The van der Waals surface area contributed by atoms with Crippen molar-refractivity contribution in [3.8, 4) is 0 Å². The van der Waals surface area contributed by atoms with Crippen molar-refractivity contribution in [3.63, 3.8) is 0 Å². The van der Waals surface area contributed by atoms with Gasteiger partial charge in [0.1, 0.15) is 6.54 Å². The van der Waals surface area contributed by atoms with E-state index in [0.717, 1.165) is 0 Å². The Bertz CT molecular complexity index is 525. The minimum Gasteiger partial charge on any atom is -0.465 e. The van der Waals surface area contributed by atoms with Crippen molar-refractivity contribution < 1.29 is 14.5 Å². The van der Waals surface area contributed by atoms with Gasteiger partial charge in [-0.15, -0.1) is 0 Å². The van der Waals surface area contributed by atoms with Crippen molar-refractivity contribution in [2.75, 3.05) is 24.2 Å². The first-order chi connectivity index (χ1) is 8.45. The standard InChI is InChI=1S/C8H11N5O5/c1-2-18-4(14)3-10-6-5(13(16)17)7(15)12-8(9)11-6/h2-3H2,1H3,(H4,9,10,11,12,15). The van der Waals surface area contributed by atoms with Crippen LogP contribution in [0.2, 0.25) is 0 Å². The van der Waals surface area contributed by atoms with Gasteiger partial charge in [-0.25, -0.2) is 0 Å². The second kappa shape index (κ2) is 5.61. The van der Waals surface area contributed by atoms with Crippen molar-refractivity contribution >= 4 is 23.4 Å². The van der Waals surface area contributed by atoms with Gasteiger partial charge in [-0.1, -0.05) is 0 Å². The molecule has 1 rings (SSSR count). The number of aromatic nitrogens is 2. The number of nitrogen functional groups attached to an aromatic ring is 1. The first-order valence-corrected chi connectivity index (χ1v) is 4.89. The van der Waals surface area contributed by atoms with E-state index in [1.807, 2.05) is 4.98 Å². The summed E-state index contributed by atoms with van der Waals surface area (Å²) in [5, 5.41) is 13.0. The number of nitrogens with two attached hydrogens (primary N) is 1. The highest BCUT2D eigenvalue weighted by Gasteiger charge is 2.22. The molecule has 1 aromatic heterocycles. The maximum atomic E-state index is 11.3. The van der Waals surface area contributed by atoms with Crippen LogP contribution in [0.4, 0.5) is 17.5 Å². The quantitative estimate of drug-likeness (QED) is 0.353. The van der Waals surface area contributed by atoms with Gasteiger partial charge in [0, 0.05) is 0 Å². The van der Waals surface area contributed by atoms with Crippen molar-refractivity contribution in [2.45, 2.75) is 6.92 Å². The summed E-state index contributed by atoms with van der Waals surface area (Å²) >= 11 is 0. The fraction of sp³-hybridized carbons (Fsp3) is 0.375. The van der Waals surface area contributed by atoms with Crippen LogP contribution in [0.1, 0.15) is 6.92 Å². The van der Waals surface area contributed by atoms with E-state index in [4.69, 9.17) is 5.73 Å². The Morgan fingerprint density at radius 3 is 2.89 bits per heavy atom. The van der Waals surface area contributed by atoms with E-state index in [1.165, 1.54) is 0 Å². The van der Waals surface area contributed by atoms with Gasteiger partial charge < -0.3 is 15.8 Å². The number of rotatable bonds is 5. The van der Waals surface area contributed by atoms with E-state index in [1.54, 1.807) is 6.92 Å². The normalized spacial score (nSPS) is 9.83. The molecule has 1 aromatic rings. The molecule has 18 heavy (non-hydrogen) atoms. The molecule has 0 radical (unpaired) electrons. The number of hydrogen-bond acceptors (Lipinski definition) is 8. The van der Waals surface area contributed by atoms with Gasteiger partial charge in [0.05, 0.1) is 11.5 Å². The average molecular weight is 257 g/mol. The SMILES string of the molecule is CCOC(=O)CNc1nc(N)[nH]c(=O)c1[N+](=O)[O-]. The molecular weight excluding hydrogens is 246 g/mol. The van der Waals surface area contributed by atoms with E-state index in [2.05, 4.69) is 15.0 Å². The third kappa shape index (κ3) is 3.17. The van der Waals surface area contributed by atoms with Crippen LogP contribution in [0.25, 0.3) is 0 Å². The lowest BCUT2D eigenvalue weighted by Crippen LogP contribution is -2.22. The molecule has 10 heteroatoms. The summed E-state index contributed by atoms with van der Waals surface area (Å²) in [6.07, 6.45) is 0. The third-order valence-corrected chi connectivity index (χ3v) is 1.80. The van der Waals surface area contributed by atoms with E-state index in [0.29, 0.717) is 0 Å². The van der Waals surface area contributed by atoms with Crippen LogP contribution in [-0.2, 0) is 9.53 Å². The molecule has 0 bridgehead atoms. The van der Waals surface area contributed by atoms with Gasteiger partial charge in [-0.05, 0) is 6.92 Å². The maximum Gasteiger partial charge on any atom is 0.375 e. The second-order valence-electron chi connectivity index (χ2n) is 3.06. The minimum absolute atomic E-state index is 0.174. The number of ether oxygens (including phenoxy) is 1. The number of nitrogens with one attached hydrogen (secondary N) is 2. The second-order valence-corrected chi connectivity index (χ2v) is 3.06. The summed E-state index contributed by atoms with van der Waals surface area (Å²) in [6, 6.07) is 0. The van der Waals surface area contributed by atoms with Crippen LogP contribution in [0.3, 0.4) is 0 Å². The number of nitro groups is 1. The fourth-order valence-corrected chi connectivity index (χ4v) is 1.14. The van der Waals surface area contributed by atoms with E-state index in [9.17, 15) is 19.7 Å². The Kier molecular flexibility index (Phi) is 4.18. The number of hydrogen-bond donors (Lipinski definition) is 3. The first-order valence-electron chi connectivity index (χ1n) is 4.89. The van der Waals surface area contributed by atoms with Gasteiger partial charge in [0.15, 0.2) is 0 Å².